The number of allylic oxidation sites excluding steroid dienone is 3. The van der Waals surface area contributed by atoms with Gasteiger partial charge in [0.2, 0.25) is 11.8 Å². The standard InChI is InChI=1S/C30H51N3O9S/c1-2-3-4-5-6-7-8-9-10-11-12-13-16-25(24(34)15-14-17-27(36)37)43-21-23(29(40)32-20-28(38)39)33-26(35)19-18-22(31)30(41)42/h9-10,13,16,22-25,34H,2-8,11-12,14-15,17-21,31H2,1H3,(H,32,40)(H,33,35)(H,36,37)(H,38,39)(H,41,42)/b10-9+,16-13+/t22-,23-,24-,25+/m0/s1. The van der Waals surface area contributed by atoms with Gasteiger partial charge in [-0.15, -0.1) is 11.8 Å². The highest BCUT2D eigenvalue weighted by Crippen LogP contribution is 2.22. The van der Waals surface area contributed by atoms with E-state index in [9.17, 15) is 29.1 Å². The average Bonchev–Trinajstić information content (AvgIpc) is 2.95. The lowest BCUT2D eigenvalue weighted by Gasteiger charge is -2.23. The number of carboxylic acid groups (broad SMARTS) is 3. The summed E-state index contributed by atoms with van der Waals surface area (Å²) < 4.78 is 0. The predicted octanol–water partition coefficient (Wildman–Crippen LogP) is 3.22. The number of nitrogens with one attached hydrogen (secondary N) is 2. The smallest absolute Gasteiger partial charge is 0.322 e. The van der Waals surface area contributed by atoms with Gasteiger partial charge in [0.1, 0.15) is 18.6 Å². The molecule has 0 radical (unpaired) electrons. The Morgan fingerprint density at radius 1 is 0.814 bits per heavy atom. The van der Waals surface area contributed by atoms with Crippen molar-refractivity contribution in [2.24, 2.45) is 5.73 Å². The number of aliphatic hydroxyl groups is 1. The van der Waals surface area contributed by atoms with Crippen LogP contribution in [0.1, 0.15) is 96.8 Å². The van der Waals surface area contributed by atoms with Gasteiger partial charge in [-0.2, -0.15) is 0 Å². The van der Waals surface area contributed by atoms with Crippen molar-refractivity contribution in [3.05, 3.63) is 24.3 Å². The van der Waals surface area contributed by atoms with Crippen molar-refractivity contribution in [3.8, 4) is 0 Å². The van der Waals surface area contributed by atoms with E-state index in [-0.39, 0.29) is 37.9 Å². The number of nitrogens with two attached hydrogens (primary N) is 1. The number of hydrogen-bond donors (Lipinski definition) is 7. The molecule has 0 aliphatic heterocycles. The Kier molecular flexibility index (Phi) is 23.9. The molecule has 0 bridgehead atoms. The number of unbranched alkanes of at least 4 members (excludes halogenated alkanes) is 7. The summed E-state index contributed by atoms with van der Waals surface area (Å²) in [5, 5.41) is 41.8. The maximum absolute atomic E-state index is 12.7. The van der Waals surface area contributed by atoms with Gasteiger partial charge in [-0.1, -0.05) is 63.3 Å². The summed E-state index contributed by atoms with van der Waals surface area (Å²) in [7, 11) is 0. The Hall–Kier alpha value is -2.90. The molecule has 0 unspecified atom stereocenters. The molecule has 0 spiro atoms. The largest absolute Gasteiger partial charge is 0.481 e. The molecule has 4 atom stereocenters. The Bertz CT molecular complexity index is 898. The normalized spacial score (nSPS) is 14.3. The third kappa shape index (κ3) is 23.3. The first kappa shape index (κ1) is 40.1. The van der Waals surface area contributed by atoms with Crippen molar-refractivity contribution in [2.75, 3.05) is 12.3 Å². The van der Waals surface area contributed by atoms with E-state index in [4.69, 9.17) is 21.1 Å². The van der Waals surface area contributed by atoms with Gasteiger partial charge < -0.3 is 36.8 Å². The third-order valence-electron chi connectivity index (χ3n) is 6.51. The van der Waals surface area contributed by atoms with E-state index in [0.717, 1.165) is 19.3 Å². The van der Waals surface area contributed by atoms with Crippen LogP contribution in [0.25, 0.3) is 0 Å². The molecule has 0 fully saturated rings. The zero-order valence-corrected chi connectivity index (χ0v) is 26.1. The second-order valence-corrected chi connectivity index (χ2v) is 11.6. The van der Waals surface area contributed by atoms with E-state index in [1.165, 1.54) is 50.3 Å². The van der Waals surface area contributed by atoms with Crippen LogP contribution < -0.4 is 16.4 Å². The van der Waals surface area contributed by atoms with Crippen LogP contribution in [0.3, 0.4) is 0 Å². The second kappa shape index (κ2) is 25.6. The fourth-order valence-corrected chi connectivity index (χ4v) is 5.21. The summed E-state index contributed by atoms with van der Waals surface area (Å²) in [5.74, 6) is -4.90. The van der Waals surface area contributed by atoms with Crippen LogP contribution in [0.2, 0.25) is 0 Å². The maximum Gasteiger partial charge on any atom is 0.322 e. The second-order valence-electron chi connectivity index (χ2n) is 10.4. The van der Waals surface area contributed by atoms with Gasteiger partial charge >= 0.3 is 17.9 Å². The minimum Gasteiger partial charge on any atom is -0.481 e. The molecule has 2 amide bonds. The first-order valence-corrected chi connectivity index (χ1v) is 16.1. The number of thioether (sulfide) groups is 1. The molecular weight excluding hydrogens is 578 g/mol. The van der Waals surface area contributed by atoms with Crippen LogP contribution in [0, 0.1) is 0 Å². The van der Waals surface area contributed by atoms with Crippen molar-refractivity contribution >= 4 is 41.5 Å². The van der Waals surface area contributed by atoms with E-state index in [1.807, 2.05) is 6.08 Å². The van der Waals surface area contributed by atoms with Gasteiger partial charge in [0.15, 0.2) is 0 Å². The van der Waals surface area contributed by atoms with Gasteiger partial charge in [0, 0.05) is 23.8 Å². The molecule has 43 heavy (non-hydrogen) atoms. The molecule has 13 heteroatoms. The predicted molar refractivity (Wildman–Crippen MR) is 167 cm³/mol. The summed E-state index contributed by atoms with van der Waals surface area (Å²) in [5.41, 5.74) is 5.44. The lowest BCUT2D eigenvalue weighted by molar-refractivity contribution is -0.139. The number of aliphatic carboxylic acids is 3. The van der Waals surface area contributed by atoms with Gasteiger partial charge in [0.25, 0.3) is 0 Å². The fraction of sp³-hybridized carbons (Fsp3) is 0.700. The van der Waals surface area contributed by atoms with E-state index in [2.05, 4.69) is 29.7 Å². The highest BCUT2D eigenvalue weighted by Gasteiger charge is 2.25. The molecule has 246 valence electrons. The van der Waals surface area contributed by atoms with Crippen LogP contribution in [-0.2, 0) is 24.0 Å². The molecule has 8 N–H and O–H groups in total. The molecule has 0 aromatic rings. The zero-order chi connectivity index (χ0) is 32.5. The van der Waals surface area contributed by atoms with Crippen LogP contribution >= 0.6 is 11.8 Å². The third-order valence-corrected chi connectivity index (χ3v) is 7.89. The van der Waals surface area contributed by atoms with Gasteiger partial charge in [-0.05, 0) is 44.9 Å². The summed E-state index contributed by atoms with van der Waals surface area (Å²) in [6, 6.07) is -2.41. The van der Waals surface area contributed by atoms with Crippen LogP contribution in [0.4, 0.5) is 0 Å². The van der Waals surface area contributed by atoms with E-state index >= 15 is 0 Å². The monoisotopic (exact) mass is 629 g/mol. The van der Waals surface area contributed by atoms with E-state index in [0.29, 0.717) is 0 Å². The van der Waals surface area contributed by atoms with E-state index < -0.39 is 59.7 Å². The molecule has 0 heterocycles. The number of carbonyl (C=O) groups excluding carboxylic acids is 2. The summed E-state index contributed by atoms with van der Waals surface area (Å²) in [6.07, 6.45) is 17.1. The quantitative estimate of drug-likeness (QED) is 0.0517. The number of amides is 2. The SMILES string of the molecule is CCCCCCCC/C=C/CC/C=C/[C@@H](SC[C@H](NC(=O)CC[C@H](N)C(=O)O)C(=O)NCC(=O)O)[C@@H](O)CCCC(=O)O. The minimum absolute atomic E-state index is 0.0225. The van der Waals surface area contributed by atoms with Gasteiger partial charge in [-0.3, -0.25) is 24.0 Å². The zero-order valence-electron chi connectivity index (χ0n) is 25.2. The first-order chi connectivity index (χ1) is 20.5. The highest BCUT2D eigenvalue weighted by atomic mass is 32.2. The van der Waals surface area contributed by atoms with Crippen LogP contribution in [0.5, 0.6) is 0 Å². The van der Waals surface area contributed by atoms with Crippen molar-refractivity contribution in [1.82, 2.24) is 10.6 Å². The van der Waals surface area contributed by atoms with Gasteiger partial charge in [-0.25, -0.2) is 0 Å². The number of carbonyl (C=O) groups is 5. The molecule has 0 aliphatic carbocycles. The lowest BCUT2D eigenvalue weighted by atomic mass is 10.1. The van der Waals surface area contributed by atoms with Crippen molar-refractivity contribution in [2.45, 2.75) is 120 Å². The van der Waals surface area contributed by atoms with Crippen molar-refractivity contribution in [3.63, 3.8) is 0 Å². The molecule has 0 aromatic heterocycles. The number of aliphatic hydroxyl groups excluding tert-OH is 1. The van der Waals surface area contributed by atoms with Crippen molar-refractivity contribution in [1.29, 1.82) is 0 Å². The topological polar surface area (TPSA) is 216 Å². The highest BCUT2D eigenvalue weighted by molar-refractivity contribution is 8.00. The van der Waals surface area contributed by atoms with Crippen molar-refractivity contribution < 1.29 is 44.4 Å². The summed E-state index contributed by atoms with van der Waals surface area (Å²) >= 11 is 1.17. The Morgan fingerprint density at radius 2 is 1.47 bits per heavy atom. The van der Waals surface area contributed by atoms with Crippen LogP contribution in [0.15, 0.2) is 24.3 Å². The average molecular weight is 630 g/mol. The summed E-state index contributed by atoms with van der Waals surface area (Å²) in [4.78, 5) is 57.8. The molecule has 0 rings (SSSR count). The fourth-order valence-electron chi connectivity index (χ4n) is 3.98. The maximum atomic E-state index is 12.7. The molecular formula is C30H51N3O9S. The number of carboxylic acids is 3. The molecule has 0 saturated heterocycles. The Morgan fingerprint density at radius 3 is 2.12 bits per heavy atom. The first-order valence-electron chi connectivity index (χ1n) is 15.1. The van der Waals surface area contributed by atoms with Gasteiger partial charge in [0.05, 0.1) is 6.10 Å². The number of rotatable bonds is 27. The molecule has 12 nitrogen and oxygen atoms in total. The molecule has 0 aromatic carbocycles. The Labute approximate surface area is 258 Å². The van der Waals surface area contributed by atoms with E-state index in [1.54, 1.807) is 6.08 Å². The lowest BCUT2D eigenvalue weighted by Crippen LogP contribution is -2.50. The number of hydrogen-bond acceptors (Lipinski definition) is 8. The molecule has 0 aliphatic rings. The Balaban J connectivity index is 5.19. The molecule has 0 saturated carbocycles. The minimum atomic E-state index is -1.27. The van der Waals surface area contributed by atoms with Crippen LogP contribution in [-0.4, -0.2) is 85.9 Å². The summed E-state index contributed by atoms with van der Waals surface area (Å²) in [6.45, 7) is 1.54.